The first-order chi connectivity index (χ1) is 6.48. The Morgan fingerprint density at radius 3 is 1.93 bits per heavy atom. The van der Waals surface area contributed by atoms with Crippen LogP contribution in [-0.2, 0) is 0 Å². The summed E-state index contributed by atoms with van der Waals surface area (Å²) < 4.78 is 0. The normalized spacial score (nSPS) is 29.6. The lowest BCUT2D eigenvalue weighted by atomic mass is 9.72. The molecule has 0 radical (unpaired) electrons. The van der Waals surface area contributed by atoms with Crippen molar-refractivity contribution in [2.75, 3.05) is 14.1 Å². The van der Waals surface area contributed by atoms with Crippen LogP contribution >= 0.6 is 0 Å². The van der Waals surface area contributed by atoms with E-state index in [9.17, 15) is 0 Å². The summed E-state index contributed by atoms with van der Waals surface area (Å²) in [4.78, 5) is 2.39. The molecule has 0 aromatic rings. The summed E-state index contributed by atoms with van der Waals surface area (Å²) in [5, 5.41) is 0. The fraction of sp³-hybridized carbons (Fsp3) is 1.00. The Balaban J connectivity index is 2.48. The summed E-state index contributed by atoms with van der Waals surface area (Å²) in [5.41, 5.74) is 0.388. The molecule has 1 aliphatic carbocycles. The lowest BCUT2D eigenvalue weighted by Crippen LogP contribution is -2.46. The zero-order chi connectivity index (χ0) is 10.8. The molecular formula is C13H27N. The molecule has 0 atom stereocenters. The third-order valence-electron chi connectivity index (χ3n) is 4.58. The maximum atomic E-state index is 2.39. The molecule has 0 spiro atoms. The highest BCUT2D eigenvalue weighted by molar-refractivity contribution is 4.88. The quantitative estimate of drug-likeness (QED) is 0.669. The number of hydrogen-bond donors (Lipinski definition) is 0. The molecule has 1 rings (SSSR count). The van der Waals surface area contributed by atoms with Crippen molar-refractivity contribution < 1.29 is 0 Å². The van der Waals surface area contributed by atoms with Crippen molar-refractivity contribution in [2.45, 2.75) is 58.4 Å². The molecule has 0 saturated heterocycles. The van der Waals surface area contributed by atoms with Gasteiger partial charge in [-0.3, -0.25) is 0 Å². The van der Waals surface area contributed by atoms with Crippen LogP contribution in [0.4, 0.5) is 0 Å². The second kappa shape index (κ2) is 4.65. The first-order valence-corrected chi connectivity index (χ1v) is 6.16. The largest absolute Gasteiger partial charge is 0.304 e. The van der Waals surface area contributed by atoms with Crippen LogP contribution in [0.25, 0.3) is 0 Å². The van der Waals surface area contributed by atoms with Crippen LogP contribution in [0.2, 0.25) is 0 Å². The molecule has 0 aromatic carbocycles. The minimum absolute atomic E-state index is 0.388. The van der Waals surface area contributed by atoms with Gasteiger partial charge in [0, 0.05) is 5.54 Å². The van der Waals surface area contributed by atoms with E-state index < -0.39 is 0 Å². The van der Waals surface area contributed by atoms with Crippen molar-refractivity contribution in [3.8, 4) is 0 Å². The van der Waals surface area contributed by atoms with Gasteiger partial charge in [0.15, 0.2) is 0 Å². The van der Waals surface area contributed by atoms with E-state index in [1.165, 1.54) is 32.1 Å². The van der Waals surface area contributed by atoms with Crippen LogP contribution in [0, 0.1) is 11.8 Å². The van der Waals surface area contributed by atoms with Crippen molar-refractivity contribution in [3.63, 3.8) is 0 Å². The van der Waals surface area contributed by atoms with Gasteiger partial charge in [-0.05, 0) is 52.6 Å². The van der Waals surface area contributed by atoms with Gasteiger partial charge in [0.05, 0.1) is 0 Å². The molecule has 0 bridgehead atoms. The van der Waals surface area contributed by atoms with Crippen LogP contribution in [0.3, 0.4) is 0 Å². The molecule has 84 valence electrons. The van der Waals surface area contributed by atoms with Gasteiger partial charge in [0.1, 0.15) is 0 Å². The summed E-state index contributed by atoms with van der Waals surface area (Å²) >= 11 is 0. The third kappa shape index (κ3) is 2.50. The second-order valence-corrected chi connectivity index (χ2v) is 5.67. The van der Waals surface area contributed by atoms with Crippen molar-refractivity contribution in [1.29, 1.82) is 0 Å². The molecule has 0 aliphatic heterocycles. The van der Waals surface area contributed by atoms with E-state index in [1.54, 1.807) is 0 Å². The Morgan fingerprint density at radius 2 is 1.57 bits per heavy atom. The van der Waals surface area contributed by atoms with Crippen LogP contribution in [0.15, 0.2) is 0 Å². The van der Waals surface area contributed by atoms with E-state index in [4.69, 9.17) is 0 Å². The molecule has 1 fully saturated rings. The van der Waals surface area contributed by atoms with Crippen LogP contribution in [0.5, 0.6) is 0 Å². The van der Waals surface area contributed by atoms with Gasteiger partial charge < -0.3 is 4.90 Å². The fourth-order valence-corrected chi connectivity index (χ4v) is 2.64. The van der Waals surface area contributed by atoms with E-state index >= 15 is 0 Å². The van der Waals surface area contributed by atoms with Crippen molar-refractivity contribution >= 4 is 0 Å². The molecule has 1 nitrogen and oxygen atoms in total. The Morgan fingerprint density at radius 1 is 1.07 bits per heavy atom. The van der Waals surface area contributed by atoms with Gasteiger partial charge in [0.2, 0.25) is 0 Å². The summed E-state index contributed by atoms with van der Waals surface area (Å²) in [6.07, 6.45) is 7.17. The molecule has 1 saturated carbocycles. The molecule has 1 heteroatoms. The van der Waals surface area contributed by atoms with Crippen LogP contribution < -0.4 is 0 Å². The molecule has 0 unspecified atom stereocenters. The predicted octanol–water partition coefficient (Wildman–Crippen LogP) is 3.54. The van der Waals surface area contributed by atoms with E-state index in [1.807, 2.05) is 0 Å². The van der Waals surface area contributed by atoms with Gasteiger partial charge in [-0.15, -0.1) is 0 Å². The highest BCUT2D eigenvalue weighted by Crippen LogP contribution is 2.38. The summed E-state index contributed by atoms with van der Waals surface area (Å²) in [7, 11) is 4.43. The summed E-state index contributed by atoms with van der Waals surface area (Å²) in [6, 6.07) is 0. The predicted molar refractivity (Wildman–Crippen MR) is 63.5 cm³/mol. The first kappa shape index (κ1) is 12.0. The van der Waals surface area contributed by atoms with Gasteiger partial charge >= 0.3 is 0 Å². The van der Waals surface area contributed by atoms with Crippen molar-refractivity contribution in [1.82, 2.24) is 4.90 Å². The number of nitrogens with zero attached hydrogens (tertiary/aromatic N) is 1. The van der Waals surface area contributed by atoms with E-state index in [0.29, 0.717) is 5.54 Å². The Labute approximate surface area is 89.9 Å². The Hall–Kier alpha value is -0.0400. The van der Waals surface area contributed by atoms with E-state index in [0.717, 1.165) is 11.8 Å². The summed E-state index contributed by atoms with van der Waals surface area (Å²) in [5.74, 6) is 1.92. The molecule has 1 aliphatic rings. The molecule has 0 aromatic heterocycles. The monoisotopic (exact) mass is 197 g/mol. The maximum absolute atomic E-state index is 2.39. The van der Waals surface area contributed by atoms with Crippen LogP contribution in [-0.4, -0.2) is 24.5 Å². The van der Waals surface area contributed by atoms with Crippen molar-refractivity contribution in [2.24, 2.45) is 11.8 Å². The zero-order valence-corrected chi connectivity index (χ0v) is 10.6. The van der Waals surface area contributed by atoms with E-state index in [2.05, 4.69) is 39.8 Å². The lowest BCUT2D eigenvalue weighted by molar-refractivity contribution is 0.0758. The Kier molecular flexibility index (Phi) is 4.00. The molecule has 14 heavy (non-hydrogen) atoms. The van der Waals surface area contributed by atoms with Crippen LogP contribution in [0.1, 0.15) is 52.9 Å². The second-order valence-electron chi connectivity index (χ2n) is 5.67. The lowest BCUT2D eigenvalue weighted by Gasteiger charge is -2.43. The van der Waals surface area contributed by atoms with Gasteiger partial charge in [-0.25, -0.2) is 0 Å². The standard InChI is InChI=1S/C13H27N/c1-6-11-7-9-12(10-8-11)13(2,3)14(4)5/h11-12H,6-10H2,1-5H3. The zero-order valence-electron chi connectivity index (χ0n) is 10.6. The SMILES string of the molecule is CCC1CCC(C(C)(C)N(C)C)CC1. The van der Waals surface area contributed by atoms with E-state index in [-0.39, 0.29) is 0 Å². The minimum Gasteiger partial charge on any atom is -0.304 e. The number of hydrogen-bond acceptors (Lipinski definition) is 1. The smallest absolute Gasteiger partial charge is 0.0175 e. The highest BCUT2D eigenvalue weighted by Gasteiger charge is 2.33. The molecule has 0 amide bonds. The fourth-order valence-electron chi connectivity index (χ4n) is 2.64. The minimum atomic E-state index is 0.388. The molecular weight excluding hydrogens is 170 g/mol. The number of rotatable bonds is 3. The van der Waals surface area contributed by atoms with Gasteiger partial charge in [-0.1, -0.05) is 26.2 Å². The summed E-state index contributed by atoms with van der Waals surface area (Å²) in [6.45, 7) is 7.12. The highest BCUT2D eigenvalue weighted by atomic mass is 15.1. The van der Waals surface area contributed by atoms with Gasteiger partial charge in [0.25, 0.3) is 0 Å². The average molecular weight is 197 g/mol. The maximum Gasteiger partial charge on any atom is 0.0175 e. The van der Waals surface area contributed by atoms with Crippen molar-refractivity contribution in [3.05, 3.63) is 0 Å². The third-order valence-corrected chi connectivity index (χ3v) is 4.58. The molecule has 0 heterocycles. The topological polar surface area (TPSA) is 3.24 Å². The van der Waals surface area contributed by atoms with Gasteiger partial charge in [-0.2, -0.15) is 0 Å². The average Bonchev–Trinajstić information content (AvgIpc) is 2.17. The Bertz CT molecular complexity index is 164. The molecule has 0 N–H and O–H groups in total. The first-order valence-electron chi connectivity index (χ1n) is 6.16.